The summed E-state index contributed by atoms with van der Waals surface area (Å²) >= 11 is 0. The van der Waals surface area contributed by atoms with Gasteiger partial charge in [-0.25, -0.2) is 0 Å². The number of rotatable bonds is 1. The molecule has 2 N–H and O–H groups in total. The number of allylic oxidation sites excluding steroid dienone is 3. The van der Waals surface area contributed by atoms with Gasteiger partial charge in [-0.2, -0.15) is 0 Å². The number of nitrogens with two attached hydrogens (primary N) is 1. The smallest absolute Gasteiger partial charge is 0.248 e. The van der Waals surface area contributed by atoms with Crippen molar-refractivity contribution in [2.75, 3.05) is 6.54 Å². The first-order chi connectivity index (χ1) is 6.27. The van der Waals surface area contributed by atoms with Crippen LogP contribution in [-0.2, 0) is 4.79 Å². The molecule has 2 heterocycles. The Morgan fingerprint density at radius 2 is 2.31 bits per heavy atom. The van der Waals surface area contributed by atoms with E-state index >= 15 is 0 Å². The summed E-state index contributed by atoms with van der Waals surface area (Å²) in [5.41, 5.74) is 6.78. The molecule has 0 spiro atoms. The van der Waals surface area contributed by atoms with Gasteiger partial charge in [-0.3, -0.25) is 4.79 Å². The molecule has 0 aromatic heterocycles. The standard InChI is InChI=1S/C10H10N2O/c11-10(13)8-4-6-12-5-2-1-3-9(12)7-8/h1-5,7H,6H2,(H2,11,13). The minimum atomic E-state index is -0.366. The first-order valence-corrected chi connectivity index (χ1v) is 4.10. The molecule has 2 aliphatic heterocycles. The molecule has 0 aromatic carbocycles. The molecule has 2 aliphatic rings. The van der Waals surface area contributed by atoms with E-state index in [1.54, 1.807) is 6.08 Å². The minimum absolute atomic E-state index is 0.366. The lowest BCUT2D eigenvalue weighted by molar-refractivity contribution is -0.114. The van der Waals surface area contributed by atoms with E-state index < -0.39 is 0 Å². The van der Waals surface area contributed by atoms with Crippen molar-refractivity contribution in [2.24, 2.45) is 5.73 Å². The zero-order valence-electron chi connectivity index (χ0n) is 7.10. The third kappa shape index (κ3) is 1.40. The van der Waals surface area contributed by atoms with Gasteiger partial charge >= 0.3 is 0 Å². The minimum Gasteiger partial charge on any atom is -0.366 e. The van der Waals surface area contributed by atoms with Gasteiger partial charge in [-0.05, 0) is 18.2 Å². The first-order valence-electron chi connectivity index (χ1n) is 4.10. The Hall–Kier alpha value is -1.77. The summed E-state index contributed by atoms with van der Waals surface area (Å²) in [5, 5.41) is 0. The second-order valence-corrected chi connectivity index (χ2v) is 2.95. The van der Waals surface area contributed by atoms with Gasteiger partial charge in [0, 0.05) is 24.0 Å². The average Bonchev–Trinajstić information content (AvgIpc) is 2.17. The van der Waals surface area contributed by atoms with Crippen molar-refractivity contribution in [3.05, 3.63) is 47.9 Å². The Bertz CT molecular complexity index is 361. The molecule has 0 aliphatic carbocycles. The summed E-state index contributed by atoms with van der Waals surface area (Å²) in [6.45, 7) is 0.713. The molecule has 0 saturated heterocycles. The van der Waals surface area contributed by atoms with Crippen molar-refractivity contribution in [3.63, 3.8) is 0 Å². The van der Waals surface area contributed by atoms with Crippen LogP contribution in [0.5, 0.6) is 0 Å². The van der Waals surface area contributed by atoms with Gasteiger partial charge in [-0.15, -0.1) is 0 Å². The lowest BCUT2D eigenvalue weighted by Gasteiger charge is -2.25. The Morgan fingerprint density at radius 3 is 3.08 bits per heavy atom. The average molecular weight is 174 g/mol. The fraction of sp³-hybridized carbons (Fsp3) is 0.100. The van der Waals surface area contributed by atoms with E-state index in [0.717, 1.165) is 5.70 Å². The maximum absolute atomic E-state index is 10.9. The van der Waals surface area contributed by atoms with Crippen molar-refractivity contribution in [2.45, 2.75) is 0 Å². The highest BCUT2D eigenvalue weighted by Crippen LogP contribution is 2.18. The van der Waals surface area contributed by atoms with Crippen LogP contribution in [0.3, 0.4) is 0 Å². The highest BCUT2D eigenvalue weighted by molar-refractivity contribution is 5.95. The van der Waals surface area contributed by atoms with E-state index in [1.807, 2.05) is 35.4 Å². The van der Waals surface area contributed by atoms with E-state index in [9.17, 15) is 4.79 Å². The number of carbonyl (C=O) groups is 1. The maximum Gasteiger partial charge on any atom is 0.248 e. The highest BCUT2D eigenvalue weighted by atomic mass is 16.1. The van der Waals surface area contributed by atoms with Gasteiger partial charge < -0.3 is 10.6 Å². The predicted octanol–water partition coefficient (Wildman–Crippen LogP) is 0.681. The van der Waals surface area contributed by atoms with E-state index in [0.29, 0.717) is 12.1 Å². The SMILES string of the molecule is NC(=O)C1=CCN2C=CC=CC2=C1. The van der Waals surface area contributed by atoms with Crippen molar-refractivity contribution < 1.29 is 4.79 Å². The van der Waals surface area contributed by atoms with Crippen LogP contribution in [0.4, 0.5) is 0 Å². The van der Waals surface area contributed by atoms with Gasteiger partial charge in [-0.1, -0.05) is 12.2 Å². The summed E-state index contributed by atoms with van der Waals surface area (Å²) in [6, 6.07) is 0. The molecule has 0 unspecified atom stereocenters. The molecule has 66 valence electrons. The van der Waals surface area contributed by atoms with Crippen LogP contribution >= 0.6 is 0 Å². The summed E-state index contributed by atoms with van der Waals surface area (Å²) in [6.07, 6.45) is 11.4. The number of carbonyl (C=O) groups excluding carboxylic acids is 1. The van der Waals surface area contributed by atoms with E-state index in [4.69, 9.17) is 5.73 Å². The molecular weight excluding hydrogens is 164 g/mol. The second-order valence-electron chi connectivity index (χ2n) is 2.95. The number of primary amides is 1. The Kier molecular flexibility index (Phi) is 1.77. The normalized spacial score (nSPS) is 19.2. The molecule has 0 fully saturated rings. The molecular formula is C10H10N2O. The third-order valence-corrected chi connectivity index (χ3v) is 2.07. The summed E-state index contributed by atoms with van der Waals surface area (Å²) in [5.74, 6) is -0.366. The lowest BCUT2D eigenvalue weighted by atomic mass is 10.1. The number of hydrogen-bond donors (Lipinski definition) is 1. The first kappa shape index (κ1) is 7.86. The van der Waals surface area contributed by atoms with Gasteiger partial charge in [0.15, 0.2) is 0 Å². The van der Waals surface area contributed by atoms with Crippen molar-refractivity contribution in [1.82, 2.24) is 4.90 Å². The molecule has 0 aromatic rings. The van der Waals surface area contributed by atoms with Gasteiger partial charge in [0.1, 0.15) is 0 Å². The van der Waals surface area contributed by atoms with Crippen molar-refractivity contribution in [1.29, 1.82) is 0 Å². The number of nitrogens with zero attached hydrogens (tertiary/aromatic N) is 1. The van der Waals surface area contributed by atoms with E-state index in [2.05, 4.69) is 0 Å². The lowest BCUT2D eigenvalue weighted by Crippen LogP contribution is -2.24. The Labute approximate surface area is 76.5 Å². The molecule has 1 amide bonds. The fourth-order valence-corrected chi connectivity index (χ4v) is 1.37. The predicted molar refractivity (Wildman–Crippen MR) is 50.3 cm³/mol. The van der Waals surface area contributed by atoms with Crippen LogP contribution in [0, 0.1) is 0 Å². The molecule has 2 rings (SSSR count). The van der Waals surface area contributed by atoms with E-state index in [1.165, 1.54) is 0 Å². The van der Waals surface area contributed by atoms with Crippen LogP contribution in [0.1, 0.15) is 0 Å². The molecule has 0 atom stereocenters. The summed E-state index contributed by atoms with van der Waals surface area (Å²) in [4.78, 5) is 12.9. The van der Waals surface area contributed by atoms with Crippen LogP contribution in [0.25, 0.3) is 0 Å². The Balaban J connectivity index is 2.30. The quantitative estimate of drug-likeness (QED) is 0.635. The van der Waals surface area contributed by atoms with Crippen molar-refractivity contribution in [3.8, 4) is 0 Å². The van der Waals surface area contributed by atoms with Gasteiger partial charge in [0.05, 0.1) is 0 Å². The Morgan fingerprint density at radius 1 is 1.46 bits per heavy atom. The largest absolute Gasteiger partial charge is 0.366 e. The zero-order chi connectivity index (χ0) is 9.26. The third-order valence-electron chi connectivity index (χ3n) is 2.07. The molecule has 13 heavy (non-hydrogen) atoms. The molecule has 0 saturated carbocycles. The summed E-state index contributed by atoms with van der Waals surface area (Å²) in [7, 11) is 0. The van der Waals surface area contributed by atoms with Gasteiger partial charge in [0.25, 0.3) is 0 Å². The maximum atomic E-state index is 10.9. The molecule has 3 nitrogen and oxygen atoms in total. The number of hydrogen-bond acceptors (Lipinski definition) is 2. The topological polar surface area (TPSA) is 46.3 Å². The van der Waals surface area contributed by atoms with Crippen LogP contribution < -0.4 is 5.73 Å². The monoisotopic (exact) mass is 174 g/mol. The van der Waals surface area contributed by atoms with Gasteiger partial charge in [0.2, 0.25) is 5.91 Å². The molecule has 0 radical (unpaired) electrons. The number of amides is 1. The fourth-order valence-electron chi connectivity index (χ4n) is 1.37. The van der Waals surface area contributed by atoms with Crippen LogP contribution in [0.2, 0.25) is 0 Å². The second kappa shape index (κ2) is 2.94. The van der Waals surface area contributed by atoms with E-state index in [-0.39, 0.29) is 5.91 Å². The van der Waals surface area contributed by atoms with Crippen LogP contribution in [-0.4, -0.2) is 17.4 Å². The van der Waals surface area contributed by atoms with Crippen molar-refractivity contribution >= 4 is 5.91 Å². The van der Waals surface area contributed by atoms with Crippen LogP contribution in [0.15, 0.2) is 47.9 Å². The molecule has 0 bridgehead atoms. The summed E-state index contributed by atoms with van der Waals surface area (Å²) < 4.78 is 0. The highest BCUT2D eigenvalue weighted by Gasteiger charge is 2.13. The zero-order valence-corrected chi connectivity index (χ0v) is 7.10. The molecule has 3 heteroatoms. The number of fused-ring (bicyclic) bond motifs is 1.